The molecule has 3 aliphatic rings. The van der Waals surface area contributed by atoms with Crippen molar-refractivity contribution in [2.24, 2.45) is 0 Å². The van der Waals surface area contributed by atoms with Gasteiger partial charge < -0.3 is 23.9 Å². The summed E-state index contributed by atoms with van der Waals surface area (Å²) in [5, 5.41) is 12.1. The summed E-state index contributed by atoms with van der Waals surface area (Å²) < 4.78 is 27.4. The van der Waals surface area contributed by atoms with Gasteiger partial charge in [0.15, 0.2) is 6.17 Å². The molecule has 0 spiro atoms. The quantitative estimate of drug-likeness (QED) is 0.219. The Morgan fingerprint density at radius 3 is 2.60 bits per heavy atom. The Labute approximate surface area is 297 Å². The summed E-state index contributed by atoms with van der Waals surface area (Å²) in [6.07, 6.45) is 3.18. The molecule has 1 aromatic heterocycles. The van der Waals surface area contributed by atoms with Gasteiger partial charge in [0.2, 0.25) is 8.32 Å². The molecule has 0 radical (unpaired) electrons. The number of hydrogen-bond donors (Lipinski definition) is 0. The number of nitrogens with zero attached hydrogens (tertiary/aromatic N) is 6. The van der Waals surface area contributed by atoms with Crippen LogP contribution in [0.15, 0.2) is 36.4 Å². The number of benzene rings is 2. The van der Waals surface area contributed by atoms with Gasteiger partial charge in [0.05, 0.1) is 24.2 Å². The average molecular weight is 701 g/mol. The summed E-state index contributed by atoms with van der Waals surface area (Å²) in [7, 11) is 0.0667. The van der Waals surface area contributed by atoms with Gasteiger partial charge in [-0.2, -0.15) is 15.2 Å². The summed E-state index contributed by atoms with van der Waals surface area (Å²) >= 11 is 0. The van der Waals surface area contributed by atoms with Crippen molar-refractivity contribution >= 4 is 30.8 Å². The maximum Gasteiger partial charge on any atom is 0.318 e. The predicted molar refractivity (Wildman–Crippen MR) is 198 cm³/mol. The van der Waals surface area contributed by atoms with Crippen molar-refractivity contribution in [3.05, 3.63) is 53.2 Å². The smallest absolute Gasteiger partial charge is 0.318 e. The van der Waals surface area contributed by atoms with E-state index in [2.05, 4.69) is 93.2 Å². The normalized spacial score (nSPS) is 22.3. The molecule has 0 saturated carbocycles. The van der Waals surface area contributed by atoms with Crippen LogP contribution in [0.4, 0.5) is 10.2 Å². The molecule has 50 heavy (non-hydrogen) atoms. The van der Waals surface area contributed by atoms with Gasteiger partial charge >= 0.3 is 6.01 Å². The lowest BCUT2D eigenvalue weighted by Crippen LogP contribution is -2.57. The van der Waals surface area contributed by atoms with E-state index in [-0.39, 0.29) is 17.4 Å². The molecule has 6 rings (SSSR count). The highest BCUT2D eigenvalue weighted by Crippen LogP contribution is 2.43. The standard InChI is InChI=1S/C39H53FN6O3Si/c1-26(40)37(47)46-20-19-45(24-29(46)16-17-41)36-33-15-14-28(22-35(33)42-38(43-36)48-25-30-12-10-18-44(30)5)34-23-31(49-50(6,7)39(2,3)4)21-27-11-8-9-13-32(27)34/h8-9,11,13,21,23,26,28-30H,10,12,14-16,18-20,22,24-25H2,1-7H3/t26?,28?,29?,30-/m0/s1. The van der Waals surface area contributed by atoms with E-state index in [1.54, 1.807) is 0 Å². The van der Waals surface area contributed by atoms with E-state index in [4.69, 9.17) is 19.1 Å². The third kappa shape index (κ3) is 7.47. The molecule has 2 saturated heterocycles. The Morgan fingerprint density at radius 2 is 1.90 bits per heavy atom. The molecule has 2 fully saturated rings. The molecule has 3 heterocycles. The number of likely N-dealkylation sites (tertiary alicyclic amines) is 1. The molecule has 4 atom stereocenters. The van der Waals surface area contributed by atoms with Gasteiger partial charge in [0.25, 0.3) is 5.91 Å². The number of fused-ring (bicyclic) bond motifs is 2. The lowest BCUT2D eigenvalue weighted by molar-refractivity contribution is -0.138. The van der Waals surface area contributed by atoms with Crippen molar-refractivity contribution in [2.45, 2.75) is 109 Å². The van der Waals surface area contributed by atoms with Crippen LogP contribution in [0.1, 0.15) is 76.1 Å². The van der Waals surface area contributed by atoms with Crippen LogP contribution in [0.3, 0.4) is 0 Å². The molecule has 11 heteroatoms. The molecular weight excluding hydrogens is 648 g/mol. The zero-order valence-electron chi connectivity index (χ0n) is 30.8. The van der Waals surface area contributed by atoms with Crippen molar-refractivity contribution in [3.8, 4) is 17.8 Å². The minimum Gasteiger partial charge on any atom is -0.543 e. The minimum atomic E-state index is -2.06. The van der Waals surface area contributed by atoms with Gasteiger partial charge in [-0.15, -0.1) is 0 Å². The van der Waals surface area contributed by atoms with E-state index >= 15 is 0 Å². The first kappa shape index (κ1) is 36.1. The number of rotatable bonds is 9. The summed E-state index contributed by atoms with van der Waals surface area (Å²) in [5.41, 5.74) is 3.35. The molecule has 9 nitrogen and oxygen atoms in total. The molecule has 0 N–H and O–H groups in total. The van der Waals surface area contributed by atoms with Crippen LogP contribution in [-0.4, -0.2) is 92.1 Å². The van der Waals surface area contributed by atoms with E-state index in [1.807, 2.05) is 0 Å². The van der Waals surface area contributed by atoms with Crippen molar-refractivity contribution in [1.82, 2.24) is 19.8 Å². The maximum absolute atomic E-state index is 14.1. The molecule has 2 aliphatic heterocycles. The van der Waals surface area contributed by atoms with Crippen LogP contribution in [-0.2, 0) is 17.6 Å². The van der Waals surface area contributed by atoms with Crippen molar-refractivity contribution in [2.75, 3.05) is 44.7 Å². The van der Waals surface area contributed by atoms with Crippen molar-refractivity contribution in [1.29, 1.82) is 5.26 Å². The number of ether oxygens (including phenoxy) is 1. The first-order chi connectivity index (χ1) is 23.8. The topological polar surface area (TPSA) is 94.8 Å². The fourth-order valence-electron chi connectivity index (χ4n) is 7.53. The van der Waals surface area contributed by atoms with E-state index in [0.29, 0.717) is 38.3 Å². The Bertz CT molecular complexity index is 1750. The van der Waals surface area contributed by atoms with Gasteiger partial charge in [-0.1, -0.05) is 45.0 Å². The maximum atomic E-state index is 14.1. The highest BCUT2D eigenvalue weighted by Gasteiger charge is 2.40. The third-order valence-corrected chi connectivity index (χ3v) is 15.9. The zero-order valence-corrected chi connectivity index (χ0v) is 31.8. The number of alkyl halides is 1. The summed E-state index contributed by atoms with van der Waals surface area (Å²) in [6.45, 7) is 15.4. The highest BCUT2D eigenvalue weighted by molar-refractivity contribution is 6.74. The third-order valence-electron chi connectivity index (χ3n) is 11.5. The largest absolute Gasteiger partial charge is 0.543 e. The van der Waals surface area contributed by atoms with E-state index in [9.17, 15) is 14.4 Å². The number of aromatic nitrogens is 2. The van der Waals surface area contributed by atoms with Crippen molar-refractivity contribution in [3.63, 3.8) is 0 Å². The number of carbonyl (C=O) groups excluding carboxylic acids is 1. The van der Waals surface area contributed by atoms with E-state index in [1.165, 1.54) is 28.2 Å². The van der Waals surface area contributed by atoms with E-state index < -0.39 is 26.4 Å². The number of carbonyl (C=O) groups is 1. The van der Waals surface area contributed by atoms with Gasteiger partial charge in [-0.25, -0.2) is 4.39 Å². The van der Waals surface area contributed by atoms with Crippen LogP contribution in [0.5, 0.6) is 11.8 Å². The number of hydrogen-bond acceptors (Lipinski definition) is 8. The lowest BCUT2D eigenvalue weighted by Gasteiger charge is -2.42. The fraction of sp³-hybridized carbons (Fsp3) is 0.590. The second-order valence-corrected chi connectivity index (χ2v) is 20.7. The molecule has 3 aromatic rings. The van der Waals surface area contributed by atoms with Crippen LogP contribution in [0, 0.1) is 11.3 Å². The second-order valence-electron chi connectivity index (χ2n) is 16.0. The number of likely N-dealkylation sites (N-methyl/N-ethyl adjacent to an activating group) is 1. The van der Waals surface area contributed by atoms with Gasteiger partial charge in [-0.05, 0) is 105 Å². The molecule has 3 unspecified atom stereocenters. The van der Waals surface area contributed by atoms with Gasteiger partial charge in [0, 0.05) is 31.2 Å². The SMILES string of the molecule is CC(F)C(=O)N1CCN(c2nc(OC[C@@H]3CCCN3C)nc3c2CCC(c2cc(O[Si](C)(C)C(C)(C)C)cc4ccccc24)C3)CC1CC#N. The van der Waals surface area contributed by atoms with Crippen LogP contribution in [0.25, 0.3) is 10.8 Å². The van der Waals surface area contributed by atoms with Crippen LogP contribution >= 0.6 is 0 Å². The molecular formula is C39H53FN6O3Si. The number of halogens is 1. The molecule has 268 valence electrons. The van der Waals surface area contributed by atoms with Gasteiger partial charge in [0.1, 0.15) is 18.2 Å². The van der Waals surface area contributed by atoms with Gasteiger partial charge in [-0.3, -0.25) is 4.79 Å². The van der Waals surface area contributed by atoms with Crippen molar-refractivity contribution < 1.29 is 18.3 Å². The monoisotopic (exact) mass is 700 g/mol. The molecule has 2 aromatic carbocycles. The molecule has 0 bridgehead atoms. The number of anilines is 1. The predicted octanol–water partition coefficient (Wildman–Crippen LogP) is 7.05. The van der Waals surface area contributed by atoms with Crippen LogP contribution in [0.2, 0.25) is 18.1 Å². The Morgan fingerprint density at radius 1 is 1.12 bits per heavy atom. The Kier molecular flexibility index (Phi) is 10.4. The number of nitriles is 1. The average Bonchev–Trinajstić information content (AvgIpc) is 3.49. The molecule has 1 aliphatic carbocycles. The number of piperazine rings is 1. The zero-order chi connectivity index (χ0) is 35.8. The highest BCUT2D eigenvalue weighted by atomic mass is 28.4. The number of amides is 1. The second kappa shape index (κ2) is 14.5. The first-order valence-electron chi connectivity index (χ1n) is 18.3. The Hall–Kier alpha value is -3.75. The summed E-state index contributed by atoms with van der Waals surface area (Å²) in [5.74, 6) is 1.40. The van der Waals surface area contributed by atoms with Crippen LogP contribution < -0.4 is 14.1 Å². The lowest BCUT2D eigenvalue weighted by atomic mass is 9.80. The minimum absolute atomic E-state index is 0.0781. The Balaban J connectivity index is 1.35. The first-order valence-corrected chi connectivity index (χ1v) is 21.2. The summed E-state index contributed by atoms with van der Waals surface area (Å²) in [4.78, 5) is 28.8. The molecule has 1 amide bonds. The fourth-order valence-corrected chi connectivity index (χ4v) is 8.54. The van der Waals surface area contributed by atoms with E-state index in [0.717, 1.165) is 61.5 Å². The summed E-state index contributed by atoms with van der Waals surface area (Å²) in [6, 6.07) is 15.5.